The van der Waals surface area contributed by atoms with Gasteiger partial charge in [-0.05, 0) is 6.07 Å². The van der Waals surface area contributed by atoms with E-state index in [1.807, 2.05) is 0 Å². The summed E-state index contributed by atoms with van der Waals surface area (Å²) in [6.07, 6.45) is -0.295. The molecule has 0 aliphatic rings. The van der Waals surface area contributed by atoms with E-state index in [2.05, 4.69) is 19.1 Å². The minimum atomic E-state index is -3.00. The summed E-state index contributed by atoms with van der Waals surface area (Å²) < 4.78 is 70.4. The molecule has 0 aliphatic carbocycles. The molecule has 0 amide bonds. The third-order valence-electron chi connectivity index (χ3n) is 3.33. The summed E-state index contributed by atoms with van der Waals surface area (Å²) in [7, 11) is -1.91. The molecule has 0 radical (unpaired) electrons. The number of hydrogen-bond donors (Lipinski definition) is 2. The topological polar surface area (TPSA) is 71.9 Å². The fourth-order valence-corrected chi connectivity index (χ4v) is 3.35. The molecular weight excluding hydrogens is 388 g/mol. The van der Waals surface area contributed by atoms with Crippen molar-refractivity contribution in [2.24, 2.45) is 0 Å². The van der Waals surface area contributed by atoms with Gasteiger partial charge in [0.25, 0.3) is 12.3 Å². The summed E-state index contributed by atoms with van der Waals surface area (Å²) in [5, 5.41) is 3.82. The van der Waals surface area contributed by atoms with Crippen molar-refractivity contribution in [2.75, 3.05) is 4.72 Å². The van der Waals surface area contributed by atoms with Crippen LogP contribution in [0.4, 0.5) is 23.2 Å². The van der Waals surface area contributed by atoms with Gasteiger partial charge in [-0.1, -0.05) is 12.1 Å². The van der Waals surface area contributed by atoms with E-state index in [9.17, 15) is 21.8 Å². The third kappa shape index (κ3) is 3.29. The molecule has 6 nitrogen and oxygen atoms in total. The monoisotopic (exact) mass is 396 g/mol. The molecule has 25 heavy (non-hydrogen) atoms. The fraction of sp³-hybridized carbons (Fsp3) is 0.154. The first-order valence-electron chi connectivity index (χ1n) is 6.64. The lowest BCUT2D eigenvalue weighted by molar-refractivity contribution is 0.0515. The number of anilines is 1. The number of benzene rings is 1. The minimum absolute atomic E-state index is 0.118. The van der Waals surface area contributed by atoms with Crippen molar-refractivity contribution in [3.05, 3.63) is 36.2 Å². The maximum atomic E-state index is 12.7. The highest BCUT2D eigenvalue weighted by Gasteiger charge is 2.21. The van der Waals surface area contributed by atoms with Gasteiger partial charge in [0, 0.05) is 22.7 Å². The average molecular weight is 397 g/mol. The fourth-order valence-electron chi connectivity index (χ4n) is 2.20. The molecule has 0 fully saturated rings. The molecular formula is C13H9ClF4N4O2S. The van der Waals surface area contributed by atoms with E-state index in [0.29, 0.717) is 10.9 Å². The van der Waals surface area contributed by atoms with E-state index in [1.54, 1.807) is 0 Å². The summed E-state index contributed by atoms with van der Waals surface area (Å²) >= 11 is 5.16. The van der Waals surface area contributed by atoms with Crippen molar-refractivity contribution in [1.82, 2.24) is 14.8 Å². The van der Waals surface area contributed by atoms with Crippen LogP contribution in [0, 0.1) is 0 Å². The molecule has 134 valence electrons. The van der Waals surface area contributed by atoms with Gasteiger partial charge in [-0.15, -0.1) is 0 Å². The van der Waals surface area contributed by atoms with Crippen LogP contribution in [-0.2, 0) is 11.0 Å². The average Bonchev–Trinajstić information content (AvgIpc) is 3.17. The van der Waals surface area contributed by atoms with Crippen LogP contribution in [-0.4, -0.2) is 19.0 Å². The summed E-state index contributed by atoms with van der Waals surface area (Å²) in [6, 6.07) is 3.84. The van der Waals surface area contributed by atoms with E-state index in [1.165, 1.54) is 24.4 Å². The number of halogens is 5. The molecule has 0 saturated heterocycles. The number of fused-ring (bicyclic) bond motifs is 1. The maximum absolute atomic E-state index is 12.7. The molecule has 0 aliphatic heterocycles. The van der Waals surface area contributed by atoms with Gasteiger partial charge >= 0.3 is 6.55 Å². The van der Waals surface area contributed by atoms with Crippen molar-refractivity contribution < 1.29 is 26.1 Å². The van der Waals surface area contributed by atoms with E-state index in [-0.39, 0.29) is 20.8 Å². The number of H-pyrrole nitrogens is 1. The lowest BCUT2D eigenvalue weighted by Gasteiger charge is -2.06. The Labute approximate surface area is 145 Å². The lowest BCUT2D eigenvalue weighted by atomic mass is 10.2. The molecule has 3 aromatic rings. The second-order valence-electron chi connectivity index (χ2n) is 4.79. The number of hydrogen-bond acceptors (Lipinski definition) is 3. The Hall–Kier alpha value is -2.27. The van der Waals surface area contributed by atoms with Crippen LogP contribution >= 0.6 is 11.9 Å². The number of nitrogens with one attached hydrogen (secondary N) is 2. The van der Waals surface area contributed by atoms with Crippen molar-refractivity contribution >= 4 is 39.4 Å². The zero-order valence-electron chi connectivity index (χ0n) is 12.1. The van der Waals surface area contributed by atoms with Crippen LogP contribution in [0.15, 0.2) is 35.5 Å². The van der Waals surface area contributed by atoms with Gasteiger partial charge in [-0.2, -0.15) is 18.6 Å². The number of nitrogens with zero attached hydrogens (tertiary/aromatic N) is 2. The Morgan fingerprint density at radius 2 is 2.08 bits per heavy atom. The first kappa shape index (κ1) is 17.5. The Morgan fingerprint density at radius 3 is 2.72 bits per heavy atom. The molecule has 3 rings (SSSR count). The Morgan fingerprint density at radius 1 is 1.32 bits per heavy atom. The molecule has 2 heterocycles. The molecule has 1 atom stereocenters. The molecule has 0 spiro atoms. The zero-order valence-corrected chi connectivity index (χ0v) is 13.6. The van der Waals surface area contributed by atoms with E-state index in [4.69, 9.17) is 11.9 Å². The smallest absolute Gasteiger partial charge is 0.336 e. The van der Waals surface area contributed by atoms with Gasteiger partial charge in [0.15, 0.2) is 11.0 Å². The first-order valence-corrected chi connectivity index (χ1v) is 8.10. The molecule has 0 saturated carbocycles. The second-order valence-corrected chi connectivity index (χ2v) is 6.13. The van der Waals surface area contributed by atoms with Gasteiger partial charge < -0.3 is 9.27 Å². The lowest BCUT2D eigenvalue weighted by Crippen LogP contribution is -2.06. The minimum Gasteiger partial charge on any atom is -0.363 e. The van der Waals surface area contributed by atoms with Gasteiger partial charge in [-0.3, -0.25) is 4.72 Å². The van der Waals surface area contributed by atoms with Gasteiger partial charge in [0.1, 0.15) is 17.6 Å². The van der Waals surface area contributed by atoms with Crippen molar-refractivity contribution in [1.29, 1.82) is 0 Å². The third-order valence-corrected chi connectivity index (χ3v) is 4.62. The van der Waals surface area contributed by atoms with Gasteiger partial charge in [0.2, 0.25) is 0 Å². The van der Waals surface area contributed by atoms with Gasteiger partial charge in [-0.25, -0.2) is 13.0 Å². The summed E-state index contributed by atoms with van der Waals surface area (Å²) in [5.41, 5.74) is 0.0582. The van der Waals surface area contributed by atoms with Crippen LogP contribution < -0.4 is 9.01 Å². The Bertz CT molecular complexity index is 930. The summed E-state index contributed by atoms with van der Waals surface area (Å²) in [5.74, 6) is -0.509. The summed E-state index contributed by atoms with van der Waals surface area (Å²) in [4.78, 5) is 2.97. The van der Waals surface area contributed by atoms with Crippen LogP contribution in [0.25, 0.3) is 10.9 Å². The predicted octanol–water partition coefficient (Wildman–Crippen LogP) is 4.36. The van der Waals surface area contributed by atoms with Crippen LogP contribution in [0.3, 0.4) is 0 Å². The highest BCUT2D eigenvalue weighted by Crippen LogP contribution is 2.32. The largest absolute Gasteiger partial charge is 0.363 e. The normalized spacial score (nSPS) is 12.9. The molecule has 2 N–H and O–H groups in total. The van der Waals surface area contributed by atoms with E-state index in [0.717, 1.165) is 6.20 Å². The number of rotatable bonds is 6. The second kappa shape index (κ2) is 6.92. The zero-order chi connectivity index (χ0) is 18.1. The Kier molecular flexibility index (Phi) is 4.86. The van der Waals surface area contributed by atoms with Crippen LogP contribution in [0.5, 0.6) is 5.88 Å². The molecule has 2 aromatic heterocycles. The van der Waals surface area contributed by atoms with Gasteiger partial charge in [0.05, 0.1) is 11.1 Å². The van der Waals surface area contributed by atoms with E-state index >= 15 is 0 Å². The molecule has 0 bridgehead atoms. The molecule has 1 unspecified atom stereocenters. The summed E-state index contributed by atoms with van der Waals surface area (Å²) in [6.45, 7) is -3.00. The molecule has 12 heteroatoms. The predicted molar refractivity (Wildman–Crippen MR) is 83.2 cm³/mol. The van der Waals surface area contributed by atoms with E-state index < -0.39 is 29.8 Å². The number of alkyl halides is 4. The van der Waals surface area contributed by atoms with Crippen LogP contribution in [0.1, 0.15) is 18.5 Å². The Balaban J connectivity index is 1.91. The van der Waals surface area contributed by atoms with Crippen molar-refractivity contribution in [3.8, 4) is 5.88 Å². The first-order chi connectivity index (χ1) is 11.9. The highest BCUT2D eigenvalue weighted by atomic mass is 35.5. The number of aromatic amines is 1. The van der Waals surface area contributed by atoms with Crippen molar-refractivity contribution in [2.45, 2.75) is 17.9 Å². The standard InChI is InChI=1S/C13H9ClF4N4O2S/c14-24-12-9(4-20-22(12)13(17)18)21-25(23)10-5-19-8-3-6(11(15)16)1-2-7(8)10/h1-5,11,13,19,21H. The van der Waals surface area contributed by atoms with Crippen molar-refractivity contribution in [3.63, 3.8) is 0 Å². The quantitative estimate of drug-likeness (QED) is 0.608. The van der Waals surface area contributed by atoms with Crippen LogP contribution in [0.2, 0.25) is 0 Å². The maximum Gasteiger partial charge on any atom is 0.336 e. The molecule has 1 aromatic carbocycles. The SMILES string of the molecule is O=S(Nc1cnn(C(F)F)c1OCl)c1c[nH]c2cc(C(F)F)ccc12. The highest BCUT2D eigenvalue weighted by molar-refractivity contribution is 7.86. The number of aromatic nitrogens is 3.